The van der Waals surface area contributed by atoms with Gasteiger partial charge in [-0.25, -0.2) is 4.79 Å². The van der Waals surface area contributed by atoms with Crippen LogP contribution in [-0.2, 0) is 14.4 Å². The number of rotatable bonds is 5. The number of hydrogen-bond donors (Lipinski definition) is 2. The summed E-state index contributed by atoms with van der Waals surface area (Å²) in [6.45, 7) is 5.25. The van der Waals surface area contributed by atoms with Crippen molar-refractivity contribution in [2.45, 2.75) is 26.9 Å². The number of amides is 2. The molecule has 2 amide bonds. The molecule has 0 saturated carbocycles. The van der Waals surface area contributed by atoms with Crippen LogP contribution in [-0.4, -0.2) is 34.1 Å². The van der Waals surface area contributed by atoms with Gasteiger partial charge in [0.1, 0.15) is 11.3 Å². The summed E-state index contributed by atoms with van der Waals surface area (Å²) in [6, 6.07) is 12.0. The Morgan fingerprint density at radius 3 is 2.30 bits per heavy atom. The average Bonchev–Trinajstić information content (AvgIpc) is 2.65. The number of carbonyl (C=O) groups is 3. The monoisotopic (exact) mass is 424 g/mol. The van der Waals surface area contributed by atoms with Crippen LogP contribution in [0.4, 0.5) is 5.69 Å². The highest BCUT2D eigenvalue weighted by Gasteiger charge is 2.34. The number of nitrogens with zero attached hydrogens (tertiary/aromatic N) is 1. The molecule has 2 aromatic rings. The topological polar surface area (TPSA) is 95.9 Å². The van der Waals surface area contributed by atoms with Crippen LogP contribution in [0.5, 0.6) is 5.75 Å². The molecule has 0 spiro atoms. The fourth-order valence-electron chi connectivity index (χ4n) is 3.04. The van der Waals surface area contributed by atoms with Gasteiger partial charge in [-0.05, 0) is 80.0 Å². The number of carbonyl (C=O) groups excluding carboxylic acids is 2. The van der Waals surface area contributed by atoms with E-state index in [-0.39, 0.29) is 10.7 Å². The van der Waals surface area contributed by atoms with Crippen LogP contribution in [0.2, 0.25) is 0 Å². The first-order valence-electron chi connectivity index (χ1n) is 9.15. The molecule has 1 heterocycles. The minimum atomic E-state index is -1.08. The van der Waals surface area contributed by atoms with E-state index in [9.17, 15) is 14.4 Å². The molecule has 1 unspecified atom stereocenters. The third-order valence-electron chi connectivity index (χ3n) is 4.42. The maximum absolute atomic E-state index is 13.1. The standard InChI is InChI=1S/C22H20N2O5S/c1-12-8-13(2)10-16(9-12)24-20(26)18(19(25)23-22(24)30)11-15-4-6-17(7-5-15)29-14(3)21(27)28/h4-11,14H,1-3H3,(H,27,28)(H,23,25,30)/b18-11-. The zero-order valence-corrected chi connectivity index (χ0v) is 17.4. The third-order valence-corrected chi connectivity index (χ3v) is 4.70. The lowest BCUT2D eigenvalue weighted by atomic mass is 10.1. The van der Waals surface area contributed by atoms with Gasteiger partial charge in [-0.1, -0.05) is 18.2 Å². The number of hydrogen-bond acceptors (Lipinski definition) is 5. The highest BCUT2D eigenvalue weighted by Crippen LogP contribution is 2.25. The Morgan fingerprint density at radius 2 is 1.73 bits per heavy atom. The smallest absolute Gasteiger partial charge is 0.344 e. The van der Waals surface area contributed by atoms with E-state index in [2.05, 4.69) is 5.32 Å². The van der Waals surface area contributed by atoms with Crippen LogP contribution in [0.3, 0.4) is 0 Å². The zero-order valence-electron chi connectivity index (χ0n) is 16.6. The van der Waals surface area contributed by atoms with E-state index in [0.29, 0.717) is 17.0 Å². The van der Waals surface area contributed by atoms with Crippen molar-refractivity contribution in [3.63, 3.8) is 0 Å². The van der Waals surface area contributed by atoms with Gasteiger partial charge < -0.3 is 9.84 Å². The molecule has 0 radical (unpaired) electrons. The summed E-state index contributed by atoms with van der Waals surface area (Å²) in [7, 11) is 0. The maximum Gasteiger partial charge on any atom is 0.344 e. The Hall–Kier alpha value is -3.52. The normalized spacial score (nSPS) is 16.4. The van der Waals surface area contributed by atoms with Crippen molar-refractivity contribution < 1.29 is 24.2 Å². The van der Waals surface area contributed by atoms with Gasteiger partial charge in [-0.15, -0.1) is 0 Å². The zero-order chi connectivity index (χ0) is 22.0. The molecule has 1 aliphatic rings. The summed E-state index contributed by atoms with van der Waals surface area (Å²) in [5.74, 6) is -1.81. The second-order valence-electron chi connectivity index (χ2n) is 6.97. The Morgan fingerprint density at radius 1 is 1.13 bits per heavy atom. The lowest BCUT2D eigenvalue weighted by molar-refractivity contribution is -0.144. The Kier molecular flexibility index (Phi) is 5.98. The summed E-state index contributed by atoms with van der Waals surface area (Å²) in [5.41, 5.74) is 3.04. The summed E-state index contributed by atoms with van der Waals surface area (Å²) >= 11 is 5.23. The van der Waals surface area contributed by atoms with Gasteiger partial charge in [0.05, 0.1) is 5.69 Å². The minimum Gasteiger partial charge on any atom is -0.479 e. The number of anilines is 1. The van der Waals surface area contributed by atoms with Gasteiger partial charge >= 0.3 is 5.97 Å². The van der Waals surface area contributed by atoms with Crippen molar-refractivity contribution in [3.05, 3.63) is 64.7 Å². The van der Waals surface area contributed by atoms with Gasteiger partial charge in [0, 0.05) is 0 Å². The molecule has 1 aliphatic heterocycles. The lowest BCUT2D eigenvalue weighted by Crippen LogP contribution is -2.54. The number of ether oxygens (including phenoxy) is 1. The van der Waals surface area contributed by atoms with E-state index in [1.807, 2.05) is 32.0 Å². The van der Waals surface area contributed by atoms with E-state index in [0.717, 1.165) is 11.1 Å². The predicted octanol–water partition coefficient (Wildman–Crippen LogP) is 2.99. The van der Waals surface area contributed by atoms with Crippen LogP contribution in [0.25, 0.3) is 6.08 Å². The summed E-state index contributed by atoms with van der Waals surface area (Å²) in [4.78, 5) is 37.7. The Bertz CT molecular complexity index is 1060. The molecule has 154 valence electrons. The number of carboxylic acids is 1. The number of nitrogens with one attached hydrogen (secondary N) is 1. The van der Waals surface area contributed by atoms with Gasteiger partial charge in [0.15, 0.2) is 11.2 Å². The van der Waals surface area contributed by atoms with Crippen molar-refractivity contribution in [1.29, 1.82) is 0 Å². The first-order valence-corrected chi connectivity index (χ1v) is 9.56. The Balaban J connectivity index is 1.90. The van der Waals surface area contributed by atoms with E-state index in [1.54, 1.807) is 24.3 Å². The molecule has 1 saturated heterocycles. The highest BCUT2D eigenvalue weighted by atomic mass is 32.1. The highest BCUT2D eigenvalue weighted by molar-refractivity contribution is 7.80. The molecule has 0 aromatic heterocycles. The Labute approximate surface area is 179 Å². The molecule has 2 aromatic carbocycles. The number of aliphatic carboxylic acids is 1. The first kappa shape index (κ1) is 21.2. The lowest BCUT2D eigenvalue weighted by Gasteiger charge is -2.29. The van der Waals surface area contributed by atoms with E-state index in [4.69, 9.17) is 22.1 Å². The summed E-state index contributed by atoms with van der Waals surface area (Å²) < 4.78 is 5.28. The van der Waals surface area contributed by atoms with Crippen LogP contribution in [0.15, 0.2) is 48.0 Å². The van der Waals surface area contributed by atoms with Crippen molar-refractivity contribution in [2.75, 3.05) is 4.90 Å². The quantitative estimate of drug-likeness (QED) is 0.435. The number of aryl methyl sites for hydroxylation is 2. The molecule has 0 bridgehead atoms. The molecular formula is C22H20N2O5S. The fraction of sp³-hybridized carbons (Fsp3) is 0.182. The van der Waals surface area contributed by atoms with Crippen molar-refractivity contribution in [3.8, 4) is 5.75 Å². The number of benzene rings is 2. The predicted molar refractivity (Wildman–Crippen MR) is 116 cm³/mol. The second kappa shape index (κ2) is 8.46. The van der Waals surface area contributed by atoms with E-state index < -0.39 is 23.9 Å². The van der Waals surface area contributed by atoms with Crippen LogP contribution >= 0.6 is 12.2 Å². The molecule has 30 heavy (non-hydrogen) atoms. The van der Waals surface area contributed by atoms with Gasteiger partial charge in [0.2, 0.25) is 0 Å². The summed E-state index contributed by atoms with van der Waals surface area (Å²) in [5, 5.41) is 11.5. The van der Waals surface area contributed by atoms with Crippen LogP contribution in [0.1, 0.15) is 23.6 Å². The molecular weight excluding hydrogens is 404 g/mol. The minimum absolute atomic E-state index is 0.0264. The van der Waals surface area contributed by atoms with E-state index >= 15 is 0 Å². The molecule has 1 atom stereocenters. The van der Waals surface area contributed by atoms with Crippen LogP contribution < -0.4 is 15.0 Å². The van der Waals surface area contributed by atoms with Crippen molar-refractivity contribution in [1.82, 2.24) is 5.32 Å². The van der Waals surface area contributed by atoms with E-state index in [1.165, 1.54) is 17.9 Å². The first-order chi connectivity index (χ1) is 14.2. The molecule has 1 fully saturated rings. The van der Waals surface area contributed by atoms with Gasteiger partial charge in [-0.2, -0.15) is 0 Å². The molecule has 0 aliphatic carbocycles. The number of thiocarbonyl (C=S) groups is 1. The van der Waals surface area contributed by atoms with Crippen molar-refractivity contribution >= 4 is 46.9 Å². The van der Waals surface area contributed by atoms with Crippen molar-refractivity contribution in [2.24, 2.45) is 0 Å². The average molecular weight is 424 g/mol. The number of carboxylic acid groups (broad SMARTS) is 1. The maximum atomic E-state index is 13.1. The third kappa shape index (κ3) is 4.55. The SMILES string of the molecule is Cc1cc(C)cc(N2C(=O)/C(=C\c3ccc(OC(C)C(=O)O)cc3)C(=O)NC2=S)c1. The summed E-state index contributed by atoms with van der Waals surface area (Å²) in [6.07, 6.45) is 0.465. The molecule has 3 rings (SSSR count). The second-order valence-corrected chi connectivity index (χ2v) is 7.36. The molecule has 2 N–H and O–H groups in total. The molecule has 8 heteroatoms. The van der Waals surface area contributed by atoms with Gasteiger partial charge in [0.25, 0.3) is 11.8 Å². The van der Waals surface area contributed by atoms with Gasteiger partial charge in [-0.3, -0.25) is 19.8 Å². The molecule has 7 nitrogen and oxygen atoms in total. The largest absolute Gasteiger partial charge is 0.479 e. The van der Waals surface area contributed by atoms with Crippen LogP contribution in [0, 0.1) is 13.8 Å². The fourth-order valence-corrected chi connectivity index (χ4v) is 3.32.